The third-order valence-corrected chi connectivity index (χ3v) is 0.994. The average Bonchev–Trinajstić information content (AvgIpc) is 2.52. The van der Waals surface area contributed by atoms with Crippen LogP contribution in [0.5, 0.6) is 0 Å². The van der Waals surface area contributed by atoms with Gasteiger partial charge in [0.05, 0.1) is 6.20 Å². The van der Waals surface area contributed by atoms with Gasteiger partial charge >= 0.3 is 5.97 Å². The van der Waals surface area contributed by atoms with Gasteiger partial charge in [-0.3, -0.25) is 0 Å². The fraction of sp³-hybridized carbons (Fsp3) is 0.167. The number of H-pyrrole nitrogens is 1. The lowest BCUT2D eigenvalue weighted by Crippen LogP contribution is -2.00. The van der Waals surface area contributed by atoms with Crippen LogP contribution in [0.15, 0.2) is 18.9 Å². The van der Waals surface area contributed by atoms with Gasteiger partial charge in [-0.2, -0.15) is 15.4 Å². The van der Waals surface area contributed by atoms with Crippen molar-refractivity contribution in [2.24, 2.45) is 0 Å². The molecule has 0 radical (unpaired) electrons. The van der Waals surface area contributed by atoms with Gasteiger partial charge in [0.1, 0.15) is 12.3 Å². The molecule has 1 rings (SSSR count). The Labute approximate surface area is 63.1 Å². The first-order valence-electron chi connectivity index (χ1n) is 2.97. The summed E-state index contributed by atoms with van der Waals surface area (Å²) in [6.45, 7) is 3.37. The lowest BCUT2D eigenvalue weighted by molar-refractivity contribution is -0.139. The molecule has 0 saturated heterocycles. The monoisotopic (exact) mass is 153 g/mol. The Morgan fingerprint density at radius 3 is 3.27 bits per heavy atom. The van der Waals surface area contributed by atoms with E-state index >= 15 is 0 Å². The van der Waals surface area contributed by atoms with E-state index in [0.29, 0.717) is 5.69 Å². The molecule has 0 fully saturated rings. The second kappa shape index (κ2) is 3.50. The fourth-order valence-electron chi connectivity index (χ4n) is 0.499. The van der Waals surface area contributed by atoms with Gasteiger partial charge in [-0.25, -0.2) is 4.79 Å². The highest BCUT2D eigenvalue weighted by Gasteiger charge is 1.98. The first-order valence-corrected chi connectivity index (χ1v) is 2.97. The van der Waals surface area contributed by atoms with Crippen LogP contribution < -0.4 is 0 Å². The summed E-state index contributed by atoms with van der Waals surface area (Å²) in [5.41, 5.74) is 0.584. The maximum Gasteiger partial charge on any atom is 0.330 e. The molecule has 0 aliphatic carbocycles. The summed E-state index contributed by atoms with van der Waals surface area (Å²) in [7, 11) is 0. The summed E-state index contributed by atoms with van der Waals surface area (Å²) in [6.07, 6.45) is 2.58. The van der Waals surface area contributed by atoms with Crippen LogP contribution in [0.1, 0.15) is 5.69 Å². The maximum absolute atomic E-state index is 10.5. The highest BCUT2D eigenvalue weighted by atomic mass is 16.5. The Morgan fingerprint density at radius 1 is 1.91 bits per heavy atom. The number of aromatic amines is 1. The Morgan fingerprint density at radius 2 is 2.73 bits per heavy atom. The topological polar surface area (TPSA) is 67.9 Å². The van der Waals surface area contributed by atoms with Crippen LogP contribution >= 0.6 is 0 Å². The van der Waals surface area contributed by atoms with Crippen molar-refractivity contribution in [2.45, 2.75) is 6.61 Å². The van der Waals surface area contributed by atoms with E-state index in [0.717, 1.165) is 6.08 Å². The molecule has 1 heterocycles. The Bertz CT molecular complexity index is 242. The molecule has 58 valence electrons. The summed E-state index contributed by atoms with van der Waals surface area (Å²) in [5.74, 6) is -0.465. The quantitative estimate of drug-likeness (QED) is 0.491. The molecule has 5 nitrogen and oxygen atoms in total. The largest absolute Gasteiger partial charge is 0.456 e. The van der Waals surface area contributed by atoms with Crippen molar-refractivity contribution in [2.75, 3.05) is 0 Å². The summed E-state index contributed by atoms with van der Waals surface area (Å²) in [4.78, 5) is 10.5. The number of nitrogens with zero attached hydrogens (tertiary/aromatic N) is 2. The summed E-state index contributed by atoms with van der Waals surface area (Å²) in [6, 6.07) is 0. The standard InChI is InChI=1S/C6H7N3O2/c1-2-6(10)11-4-5-3-7-9-8-5/h2-3H,1,4H2,(H,7,8,9). The van der Waals surface area contributed by atoms with Crippen LogP contribution in [-0.2, 0) is 16.1 Å². The molecule has 1 aromatic heterocycles. The molecule has 0 spiro atoms. The highest BCUT2D eigenvalue weighted by Crippen LogP contribution is 1.92. The van der Waals surface area contributed by atoms with Crippen molar-refractivity contribution < 1.29 is 9.53 Å². The molecule has 0 saturated carbocycles. The molecule has 0 aliphatic rings. The first-order chi connectivity index (χ1) is 5.33. The van der Waals surface area contributed by atoms with Crippen molar-refractivity contribution in [3.8, 4) is 0 Å². The smallest absolute Gasteiger partial charge is 0.330 e. The Kier molecular flexibility index (Phi) is 2.37. The first kappa shape index (κ1) is 7.46. The van der Waals surface area contributed by atoms with Gasteiger partial charge in [0.15, 0.2) is 0 Å². The van der Waals surface area contributed by atoms with Crippen LogP contribution in [-0.4, -0.2) is 21.4 Å². The number of ether oxygens (including phenoxy) is 1. The number of rotatable bonds is 3. The molecule has 1 N–H and O–H groups in total. The van der Waals surface area contributed by atoms with Gasteiger partial charge < -0.3 is 4.74 Å². The molecule has 0 atom stereocenters. The molecule has 0 bridgehead atoms. The molecule has 0 unspecified atom stereocenters. The zero-order valence-corrected chi connectivity index (χ0v) is 5.78. The minimum atomic E-state index is -0.465. The van der Waals surface area contributed by atoms with Crippen LogP contribution in [0.2, 0.25) is 0 Å². The molecule has 0 aromatic carbocycles. The predicted molar refractivity (Wildman–Crippen MR) is 36.4 cm³/mol. The maximum atomic E-state index is 10.5. The van der Waals surface area contributed by atoms with E-state index in [1.807, 2.05) is 0 Å². The van der Waals surface area contributed by atoms with Gasteiger partial charge in [0, 0.05) is 6.08 Å². The van der Waals surface area contributed by atoms with Gasteiger partial charge in [-0.05, 0) is 0 Å². The van der Waals surface area contributed by atoms with Crippen LogP contribution in [0, 0.1) is 0 Å². The molecule has 11 heavy (non-hydrogen) atoms. The van der Waals surface area contributed by atoms with E-state index in [-0.39, 0.29) is 6.61 Å². The summed E-state index contributed by atoms with van der Waals surface area (Å²) in [5, 5.41) is 9.60. The minimum absolute atomic E-state index is 0.126. The van der Waals surface area contributed by atoms with E-state index in [9.17, 15) is 4.79 Å². The fourth-order valence-corrected chi connectivity index (χ4v) is 0.499. The molecule has 5 heteroatoms. The van der Waals surface area contributed by atoms with Gasteiger partial charge in [0.2, 0.25) is 0 Å². The van der Waals surface area contributed by atoms with E-state index in [1.54, 1.807) is 0 Å². The van der Waals surface area contributed by atoms with E-state index in [4.69, 9.17) is 0 Å². The van der Waals surface area contributed by atoms with Crippen molar-refractivity contribution in [3.05, 3.63) is 24.5 Å². The van der Waals surface area contributed by atoms with Gasteiger partial charge in [0.25, 0.3) is 0 Å². The lowest BCUT2D eigenvalue weighted by Gasteiger charge is -1.95. The number of hydrogen-bond acceptors (Lipinski definition) is 4. The molecule has 0 aliphatic heterocycles. The molecule has 0 amide bonds. The number of esters is 1. The van der Waals surface area contributed by atoms with E-state index in [2.05, 4.69) is 26.7 Å². The normalized spacial score (nSPS) is 9.09. The molecular weight excluding hydrogens is 146 g/mol. The molecular formula is C6H7N3O2. The van der Waals surface area contributed by atoms with Crippen LogP contribution in [0.25, 0.3) is 0 Å². The second-order valence-electron chi connectivity index (χ2n) is 1.77. The average molecular weight is 153 g/mol. The zero-order chi connectivity index (χ0) is 8.10. The summed E-state index contributed by atoms with van der Waals surface area (Å²) >= 11 is 0. The predicted octanol–water partition coefficient (Wildman–Crippen LogP) is 0.0339. The SMILES string of the molecule is C=CC(=O)OCc1cn[nH]n1. The van der Waals surface area contributed by atoms with E-state index in [1.165, 1.54) is 6.20 Å². The number of nitrogens with one attached hydrogen (secondary N) is 1. The zero-order valence-electron chi connectivity index (χ0n) is 5.78. The van der Waals surface area contributed by atoms with Crippen LogP contribution in [0.3, 0.4) is 0 Å². The second-order valence-corrected chi connectivity index (χ2v) is 1.77. The van der Waals surface area contributed by atoms with Crippen LogP contribution in [0.4, 0.5) is 0 Å². The Balaban J connectivity index is 2.34. The lowest BCUT2D eigenvalue weighted by atomic mass is 10.5. The van der Waals surface area contributed by atoms with Gasteiger partial charge in [-0.15, -0.1) is 0 Å². The number of aromatic nitrogens is 3. The third kappa shape index (κ3) is 2.21. The highest BCUT2D eigenvalue weighted by molar-refractivity contribution is 5.81. The Hall–Kier alpha value is -1.65. The molecule has 1 aromatic rings. The number of carbonyl (C=O) groups is 1. The van der Waals surface area contributed by atoms with Crippen molar-refractivity contribution in [3.63, 3.8) is 0 Å². The van der Waals surface area contributed by atoms with E-state index < -0.39 is 5.97 Å². The minimum Gasteiger partial charge on any atom is -0.456 e. The summed E-state index contributed by atoms with van der Waals surface area (Å²) < 4.78 is 4.66. The number of hydrogen-bond donors (Lipinski definition) is 1. The van der Waals surface area contributed by atoms with Crippen molar-refractivity contribution in [1.82, 2.24) is 15.4 Å². The van der Waals surface area contributed by atoms with Gasteiger partial charge in [-0.1, -0.05) is 6.58 Å². The van der Waals surface area contributed by atoms with Crippen molar-refractivity contribution in [1.29, 1.82) is 0 Å². The number of carbonyl (C=O) groups excluding carboxylic acids is 1. The third-order valence-electron chi connectivity index (χ3n) is 0.994. The van der Waals surface area contributed by atoms with Crippen molar-refractivity contribution >= 4 is 5.97 Å².